The van der Waals surface area contributed by atoms with Gasteiger partial charge in [-0.25, -0.2) is 4.98 Å². The highest BCUT2D eigenvalue weighted by atomic mass is 16.5. The van der Waals surface area contributed by atoms with Crippen molar-refractivity contribution in [3.63, 3.8) is 0 Å². The number of hydrogen-bond acceptors (Lipinski definition) is 5. The third kappa shape index (κ3) is 3.85. The summed E-state index contributed by atoms with van der Waals surface area (Å²) in [5, 5.41) is 6.48. The van der Waals surface area contributed by atoms with Crippen LogP contribution in [0.1, 0.15) is 20.8 Å². The molecule has 5 nitrogen and oxygen atoms in total. The second-order valence-electron chi connectivity index (χ2n) is 5.47. The molecular formula is C15H20N4O. The van der Waals surface area contributed by atoms with Crippen molar-refractivity contribution in [3.05, 3.63) is 36.5 Å². The van der Waals surface area contributed by atoms with Gasteiger partial charge in [0.05, 0.1) is 12.8 Å². The quantitative estimate of drug-likeness (QED) is 0.892. The monoisotopic (exact) mass is 272 g/mol. The summed E-state index contributed by atoms with van der Waals surface area (Å²) in [4.78, 5) is 8.66. The largest absolute Gasteiger partial charge is 0.495 e. The van der Waals surface area contributed by atoms with Crippen molar-refractivity contribution in [1.29, 1.82) is 0 Å². The molecule has 2 N–H and O–H groups in total. The molecule has 2 rings (SSSR count). The van der Waals surface area contributed by atoms with Gasteiger partial charge in [-0.3, -0.25) is 0 Å². The van der Waals surface area contributed by atoms with Crippen LogP contribution < -0.4 is 15.4 Å². The van der Waals surface area contributed by atoms with E-state index in [9.17, 15) is 0 Å². The van der Waals surface area contributed by atoms with E-state index >= 15 is 0 Å². The van der Waals surface area contributed by atoms with E-state index in [4.69, 9.17) is 4.74 Å². The van der Waals surface area contributed by atoms with Crippen molar-refractivity contribution in [2.24, 2.45) is 0 Å². The fourth-order valence-electron chi connectivity index (χ4n) is 1.74. The van der Waals surface area contributed by atoms with E-state index in [0.29, 0.717) is 5.95 Å². The van der Waals surface area contributed by atoms with Crippen LogP contribution >= 0.6 is 0 Å². The predicted molar refractivity (Wildman–Crippen MR) is 81.7 cm³/mol. The highest BCUT2D eigenvalue weighted by Crippen LogP contribution is 2.25. The molecule has 20 heavy (non-hydrogen) atoms. The summed E-state index contributed by atoms with van der Waals surface area (Å²) in [6.07, 6.45) is 1.72. The maximum atomic E-state index is 5.29. The topological polar surface area (TPSA) is 59.1 Å². The number of anilines is 3. The lowest BCUT2D eigenvalue weighted by Gasteiger charge is -2.21. The van der Waals surface area contributed by atoms with Crippen LogP contribution in [0.5, 0.6) is 5.75 Å². The van der Waals surface area contributed by atoms with Gasteiger partial charge in [-0.1, -0.05) is 12.1 Å². The minimum Gasteiger partial charge on any atom is -0.495 e. The molecule has 0 atom stereocenters. The third-order valence-corrected chi connectivity index (χ3v) is 2.51. The number of para-hydroxylation sites is 2. The number of nitrogens with zero attached hydrogens (tertiary/aromatic N) is 2. The SMILES string of the molecule is COc1ccccc1Nc1nccc(NC(C)(C)C)n1. The zero-order valence-corrected chi connectivity index (χ0v) is 12.3. The van der Waals surface area contributed by atoms with Crippen molar-refractivity contribution >= 4 is 17.5 Å². The maximum Gasteiger partial charge on any atom is 0.229 e. The molecule has 1 aromatic heterocycles. The number of aromatic nitrogens is 2. The Balaban J connectivity index is 2.19. The Morgan fingerprint density at radius 3 is 2.55 bits per heavy atom. The summed E-state index contributed by atoms with van der Waals surface area (Å²) >= 11 is 0. The van der Waals surface area contributed by atoms with Gasteiger partial charge in [-0.2, -0.15) is 4.98 Å². The van der Waals surface area contributed by atoms with Crippen LogP contribution in [0.2, 0.25) is 0 Å². The van der Waals surface area contributed by atoms with Crippen molar-refractivity contribution < 1.29 is 4.74 Å². The first-order valence-corrected chi connectivity index (χ1v) is 6.49. The fraction of sp³-hybridized carbons (Fsp3) is 0.333. The van der Waals surface area contributed by atoms with Gasteiger partial charge in [0.25, 0.3) is 0 Å². The second-order valence-corrected chi connectivity index (χ2v) is 5.47. The Kier molecular flexibility index (Phi) is 4.08. The third-order valence-electron chi connectivity index (χ3n) is 2.51. The minimum absolute atomic E-state index is 0.0456. The first-order chi connectivity index (χ1) is 9.48. The number of hydrogen-bond donors (Lipinski definition) is 2. The Morgan fingerprint density at radius 2 is 1.85 bits per heavy atom. The van der Waals surface area contributed by atoms with Gasteiger partial charge >= 0.3 is 0 Å². The molecule has 2 aromatic rings. The van der Waals surface area contributed by atoms with Gasteiger partial charge in [0.15, 0.2) is 0 Å². The number of methoxy groups -OCH3 is 1. The van der Waals surface area contributed by atoms with Gasteiger partial charge in [-0.05, 0) is 39.0 Å². The Hall–Kier alpha value is -2.30. The number of ether oxygens (including phenoxy) is 1. The first kappa shape index (κ1) is 14.1. The Bertz CT molecular complexity index is 578. The second kappa shape index (κ2) is 5.77. The van der Waals surface area contributed by atoms with Gasteiger partial charge in [0.1, 0.15) is 11.6 Å². The molecule has 0 saturated carbocycles. The number of benzene rings is 1. The summed E-state index contributed by atoms with van der Waals surface area (Å²) in [6.45, 7) is 6.26. The molecule has 0 saturated heterocycles. The van der Waals surface area contributed by atoms with Crippen LogP contribution in [0.25, 0.3) is 0 Å². The van der Waals surface area contributed by atoms with E-state index in [1.807, 2.05) is 30.3 Å². The van der Waals surface area contributed by atoms with Crippen LogP contribution in [-0.2, 0) is 0 Å². The summed E-state index contributed by atoms with van der Waals surface area (Å²) in [7, 11) is 1.64. The van der Waals surface area contributed by atoms with Crippen LogP contribution in [0.4, 0.5) is 17.5 Å². The summed E-state index contributed by atoms with van der Waals surface area (Å²) in [5.41, 5.74) is 0.790. The molecule has 1 aromatic carbocycles. The van der Waals surface area contributed by atoms with E-state index in [0.717, 1.165) is 17.3 Å². The summed E-state index contributed by atoms with van der Waals surface area (Å²) in [6, 6.07) is 9.51. The lowest BCUT2D eigenvalue weighted by molar-refractivity contribution is 0.417. The van der Waals surface area contributed by atoms with Crippen LogP contribution in [-0.4, -0.2) is 22.6 Å². The van der Waals surface area contributed by atoms with E-state index in [1.54, 1.807) is 13.3 Å². The van der Waals surface area contributed by atoms with Crippen molar-refractivity contribution in [1.82, 2.24) is 9.97 Å². The molecule has 0 bridgehead atoms. The Labute approximate surface area is 119 Å². The maximum absolute atomic E-state index is 5.29. The van der Waals surface area contributed by atoms with Gasteiger partial charge in [0, 0.05) is 11.7 Å². The van der Waals surface area contributed by atoms with Crippen LogP contribution in [0.15, 0.2) is 36.5 Å². The standard InChI is InChI=1S/C15H20N4O/c1-15(2,3)19-13-9-10-16-14(18-13)17-11-7-5-6-8-12(11)20-4/h5-10H,1-4H3,(H2,16,17,18,19). The molecule has 1 heterocycles. The zero-order valence-electron chi connectivity index (χ0n) is 12.3. The van der Waals surface area contributed by atoms with E-state index < -0.39 is 0 Å². The van der Waals surface area contributed by atoms with Gasteiger partial charge in [-0.15, -0.1) is 0 Å². The smallest absolute Gasteiger partial charge is 0.229 e. The van der Waals surface area contributed by atoms with Crippen molar-refractivity contribution in [2.45, 2.75) is 26.3 Å². The average Bonchev–Trinajstić information content (AvgIpc) is 2.38. The van der Waals surface area contributed by atoms with Crippen molar-refractivity contribution in [2.75, 3.05) is 17.7 Å². The normalized spacial score (nSPS) is 11.0. The van der Waals surface area contributed by atoms with Crippen LogP contribution in [0, 0.1) is 0 Å². The minimum atomic E-state index is -0.0456. The number of rotatable bonds is 4. The highest BCUT2D eigenvalue weighted by molar-refractivity contribution is 5.62. The molecule has 0 radical (unpaired) electrons. The van der Waals surface area contributed by atoms with Gasteiger partial charge in [0.2, 0.25) is 5.95 Å². The molecule has 0 aliphatic rings. The molecule has 0 amide bonds. The van der Waals surface area contributed by atoms with Crippen molar-refractivity contribution in [3.8, 4) is 5.75 Å². The van der Waals surface area contributed by atoms with Gasteiger partial charge < -0.3 is 15.4 Å². The fourth-order valence-corrected chi connectivity index (χ4v) is 1.74. The average molecular weight is 272 g/mol. The lowest BCUT2D eigenvalue weighted by Crippen LogP contribution is -2.26. The van der Waals surface area contributed by atoms with E-state index in [2.05, 4.69) is 41.4 Å². The molecule has 0 aliphatic heterocycles. The molecule has 0 unspecified atom stereocenters. The summed E-state index contributed by atoms with van der Waals surface area (Å²) < 4.78 is 5.29. The molecule has 5 heteroatoms. The molecule has 0 spiro atoms. The van der Waals surface area contributed by atoms with E-state index in [-0.39, 0.29) is 5.54 Å². The summed E-state index contributed by atoms with van der Waals surface area (Å²) in [5.74, 6) is 2.07. The van der Waals surface area contributed by atoms with Crippen LogP contribution in [0.3, 0.4) is 0 Å². The number of nitrogens with one attached hydrogen (secondary N) is 2. The van der Waals surface area contributed by atoms with E-state index in [1.165, 1.54) is 0 Å². The first-order valence-electron chi connectivity index (χ1n) is 6.49. The Morgan fingerprint density at radius 1 is 1.10 bits per heavy atom. The molecule has 106 valence electrons. The zero-order chi connectivity index (χ0) is 14.6. The lowest BCUT2D eigenvalue weighted by atomic mass is 10.1. The predicted octanol–water partition coefficient (Wildman–Crippen LogP) is 3.44. The molecular weight excluding hydrogens is 252 g/mol. The molecule has 0 fully saturated rings. The molecule has 0 aliphatic carbocycles. The highest BCUT2D eigenvalue weighted by Gasteiger charge is 2.11.